The minimum atomic E-state index is -0.511. The lowest BCUT2D eigenvalue weighted by Gasteiger charge is -2.04. The number of amides is 2. The molecule has 7 nitrogen and oxygen atoms in total. The molecule has 0 unspecified atom stereocenters. The van der Waals surface area contributed by atoms with Gasteiger partial charge in [-0.2, -0.15) is 4.99 Å². The molecule has 0 saturated heterocycles. The molecule has 4 rings (SSSR count). The fraction of sp³-hybridized carbons (Fsp3) is 0. The van der Waals surface area contributed by atoms with Crippen LogP contribution < -0.4 is 10.5 Å². The number of H-pyrrole nitrogens is 1. The normalized spacial score (nSPS) is 11.8. The first kappa shape index (κ1) is 16.0. The highest BCUT2D eigenvalue weighted by molar-refractivity contribution is 7.07. The number of nitrogens with one attached hydrogen (secondary N) is 1. The van der Waals surface area contributed by atoms with Crippen LogP contribution in [0, 0.1) is 0 Å². The lowest BCUT2D eigenvalue weighted by Crippen LogP contribution is -2.16. The van der Waals surface area contributed by atoms with E-state index in [1.807, 2.05) is 17.5 Å². The minimum absolute atomic E-state index is 0.369. The van der Waals surface area contributed by atoms with Crippen molar-refractivity contribution >= 4 is 34.2 Å². The van der Waals surface area contributed by atoms with E-state index in [0.29, 0.717) is 27.3 Å². The van der Waals surface area contributed by atoms with Crippen molar-refractivity contribution in [1.82, 2.24) is 14.5 Å². The number of carbonyl (C=O) groups is 2. The summed E-state index contributed by atoms with van der Waals surface area (Å²) in [6.45, 7) is 0. The second-order valence-electron chi connectivity index (χ2n) is 5.49. The summed E-state index contributed by atoms with van der Waals surface area (Å²) < 4.78 is 1.74. The Morgan fingerprint density at radius 1 is 1.23 bits per heavy atom. The van der Waals surface area contributed by atoms with Crippen LogP contribution >= 0.6 is 11.3 Å². The van der Waals surface area contributed by atoms with Gasteiger partial charge in [-0.15, -0.1) is 11.3 Å². The molecular formula is C18H13N5O2S. The van der Waals surface area contributed by atoms with Gasteiger partial charge in [0.2, 0.25) is 5.91 Å². The van der Waals surface area contributed by atoms with E-state index in [4.69, 9.17) is 5.73 Å². The molecule has 0 saturated carbocycles. The Labute approximate surface area is 151 Å². The van der Waals surface area contributed by atoms with E-state index in [0.717, 1.165) is 5.39 Å². The Morgan fingerprint density at radius 2 is 2.12 bits per heavy atom. The van der Waals surface area contributed by atoms with Crippen LogP contribution in [0.4, 0.5) is 0 Å². The van der Waals surface area contributed by atoms with Crippen molar-refractivity contribution in [3.8, 4) is 5.69 Å². The average molecular weight is 363 g/mol. The van der Waals surface area contributed by atoms with Crippen LogP contribution in [0.15, 0.2) is 65.4 Å². The Hall–Kier alpha value is -3.52. The standard InChI is InChI=1S/C18H13N5O2S/c19-15(24)11-3-1-4-12(9-11)23-7-8-26-18(23)22-17(25)14-10-21-16-13(14)5-2-6-20-16/h1-10H,(H2,19,24)(H,20,21). The summed E-state index contributed by atoms with van der Waals surface area (Å²) in [5, 5.41) is 2.54. The van der Waals surface area contributed by atoms with E-state index in [9.17, 15) is 9.59 Å². The number of thiazole rings is 1. The van der Waals surface area contributed by atoms with E-state index < -0.39 is 5.91 Å². The van der Waals surface area contributed by atoms with Gasteiger partial charge >= 0.3 is 0 Å². The van der Waals surface area contributed by atoms with E-state index in [2.05, 4.69) is 15.0 Å². The number of nitrogens with zero attached hydrogens (tertiary/aromatic N) is 3. The quantitative estimate of drug-likeness (QED) is 0.583. The van der Waals surface area contributed by atoms with E-state index in [1.54, 1.807) is 47.4 Å². The first-order chi connectivity index (χ1) is 12.6. The van der Waals surface area contributed by atoms with Gasteiger partial charge in [-0.25, -0.2) is 4.98 Å². The molecule has 0 aliphatic carbocycles. The maximum absolute atomic E-state index is 12.7. The lowest BCUT2D eigenvalue weighted by molar-refractivity contribution is 0.0991. The number of aromatic amines is 1. The summed E-state index contributed by atoms with van der Waals surface area (Å²) in [7, 11) is 0. The SMILES string of the molecule is NC(=O)c1cccc(-n2ccsc2=NC(=O)c2c[nH]c3ncccc23)c1. The van der Waals surface area contributed by atoms with Crippen molar-refractivity contribution < 1.29 is 9.59 Å². The Bertz CT molecular complexity index is 1200. The monoisotopic (exact) mass is 363 g/mol. The van der Waals surface area contributed by atoms with Crippen LogP contribution in [0.25, 0.3) is 16.7 Å². The van der Waals surface area contributed by atoms with Gasteiger partial charge in [0.15, 0.2) is 4.80 Å². The maximum atomic E-state index is 12.7. The van der Waals surface area contributed by atoms with Crippen molar-refractivity contribution in [3.05, 3.63) is 76.3 Å². The first-order valence-electron chi connectivity index (χ1n) is 7.71. The lowest BCUT2D eigenvalue weighted by atomic mass is 10.2. The Balaban J connectivity index is 1.78. The third kappa shape index (κ3) is 2.82. The largest absolute Gasteiger partial charge is 0.366 e. The van der Waals surface area contributed by atoms with Crippen LogP contribution in [0.5, 0.6) is 0 Å². The van der Waals surface area contributed by atoms with Gasteiger partial charge in [0.1, 0.15) is 5.65 Å². The fourth-order valence-corrected chi connectivity index (χ4v) is 3.36. The molecule has 3 N–H and O–H groups in total. The molecule has 0 fully saturated rings. The number of hydrogen-bond donors (Lipinski definition) is 2. The first-order valence-corrected chi connectivity index (χ1v) is 8.59. The van der Waals surface area contributed by atoms with Gasteiger partial charge in [0.05, 0.1) is 5.56 Å². The van der Waals surface area contributed by atoms with E-state index in [1.165, 1.54) is 11.3 Å². The predicted octanol–water partition coefficient (Wildman–Crippen LogP) is 2.26. The van der Waals surface area contributed by atoms with Gasteiger partial charge < -0.3 is 10.7 Å². The number of hydrogen-bond acceptors (Lipinski definition) is 4. The van der Waals surface area contributed by atoms with Crippen LogP contribution in [0.2, 0.25) is 0 Å². The summed E-state index contributed by atoms with van der Waals surface area (Å²) >= 11 is 1.32. The van der Waals surface area contributed by atoms with Crippen molar-refractivity contribution in [2.24, 2.45) is 10.7 Å². The summed E-state index contributed by atoms with van der Waals surface area (Å²) in [5.74, 6) is -0.880. The molecular weight excluding hydrogens is 350 g/mol. The molecule has 128 valence electrons. The highest BCUT2D eigenvalue weighted by atomic mass is 32.1. The second-order valence-corrected chi connectivity index (χ2v) is 6.36. The number of benzene rings is 1. The van der Waals surface area contributed by atoms with Crippen molar-refractivity contribution in [1.29, 1.82) is 0 Å². The zero-order chi connectivity index (χ0) is 18.1. The molecule has 0 radical (unpaired) electrons. The van der Waals surface area contributed by atoms with Crippen LogP contribution in [0.3, 0.4) is 0 Å². The zero-order valence-electron chi connectivity index (χ0n) is 13.4. The van der Waals surface area contributed by atoms with Gasteiger partial charge in [-0.05, 0) is 30.3 Å². The maximum Gasteiger partial charge on any atom is 0.281 e. The summed E-state index contributed by atoms with van der Waals surface area (Å²) in [5.41, 5.74) is 7.53. The van der Waals surface area contributed by atoms with Crippen molar-refractivity contribution in [3.63, 3.8) is 0 Å². The van der Waals surface area contributed by atoms with Gasteiger partial charge in [0, 0.05) is 40.6 Å². The number of nitrogens with two attached hydrogens (primary N) is 1. The van der Waals surface area contributed by atoms with Crippen molar-refractivity contribution in [2.45, 2.75) is 0 Å². The molecule has 0 bridgehead atoms. The van der Waals surface area contributed by atoms with E-state index in [-0.39, 0.29) is 5.91 Å². The summed E-state index contributed by atoms with van der Waals surface area (Å²) in [6.07, 6.45) is 5.05. The number of rotatable bonds is 3. The number of aromatic nitrogens is 3. The molecule has 1 aromatic carbocycles. The minimum Gasteiger partial charge on any atom is -0.366 e. The van der Waals surface area contributed by atoms with E-state index >= 15 is 0 Å². The smallest absolute Gasteiger partial charge is 0.281 e. The number of carbonyl (C=O) groups excluding carboxylic acids is 2. The topological polar surface area (TPSA) is 106 Å². The molecule has 3 heterocycles. The molecule has 0 spiro atoms. The fourth-order valence-electron chi connectivity index (χ4n) is 2.64. The average Bonchev–Trinajstić information content (AvgIpc) is 3.28. The third-order valence-corrected chi connectivity index (χ3v) is 4.63. The van der Waals surface area contributed by atoms with Crippen LogP contribution in [-0.2, 0) is 0 Å². The number of fused-ring (bicyclic) bond motifs is 1. The molecule has 3 aromatic heterocycles. The second kappa shape index (κ2) is 6.41. The Kier molecular flexibility index (Phi) is 3.94. The van der Waals surface area contributed by atoms with Crippen molar-refractivity contribution in [2.75, 3.05) is 0 Å². The molecule has 0 atom stereocenters. The summed E-state index contributed by atoms with van der Waals surface area (Å²) in [4.78, 5) is 35.9. The molecule has 2 amide bonds. The molecule has 8 heteroatoms. The molecule has 0 aliphatic heterocycles. The Morgan fingerprint density at radius 3 is 2.96 bits per heavy atom. The highest BCUT2D eigenvalue weighted by Crippen LogP contribution is 2.16. The third-order valence-electron chi connectivity index (χ3n) is 3.88. The summed E-state index contributed by atoms with van der Waals surface area (Å²) in [6, 6.07) is 10.4. The van der Waals surface area contributed by atoms with Crippen LogP contribution in [-0.4, -0.2) is 26.3 Å². The predicted molar refractivity (Wildman–Crippen MR) is 98.2 cm³/mol. The number of primary amides is 1. The van der Waals surface area contributed by atoms with Gasteiger partial charge in [-0.1, -0.05) is 6.07 Å². The zero-order valence-corrected chi connectivity index (χ0v) is 14.2. The molecule has 26 heavy (non-hydrogen) atoms. The highest BCUT2D eigenvalue weighted by Gasteiger charge is 2.12. The number of pyridine rings is 1. The molecule has 4 aromatic rings. The van der Waals surface area contributed by atoms with Gasteiger partial charge in [0.25, 0.3) is 5.91 Å². The van der Waals surface area contributed by atoms with Gasteiger partial charge in [-0.3, -0.25) is 14.2 Å². The van der Waals surface area contributed by atoms with Crippen LogP contribution in [0.1, 0.15) is 20.7 Å². The molecule has 0 aliphatic rings.